The molecule has 3 aromatic rings. The summed E-state index contributed by atoms with van der Waals surface area (Å²) in [6.45, 7) is -0.0662. The maximum absolute atomic E-state index is 12.6. The summed E-state index contributed by atoms with van der Waals surface area (Å²) in [4.78, 5) is 26.3. The van der Waals surface area contributed by atoms with Gasteiger partial charge < -0.3 is 10.2 Å². The summed E-state index contributed by atoms with van der Waals surface area (Å²) in [6.07, 6.45) is 2.22. The lowest BCUT2D eigenvalue weighted by Gasteiger charge is -2.17. The van der Waals surface area contributed by atoms with Gasteiger partial charge in [-0.25, -0.2) is 0 Å². The third-order valence-electron chi connectivity index (χ3n) is 4.89. The molecule has 2 aromatic carbocycles. The van der Waals surface area contributed by atoms with Gasteiger partial charge in [0.15, 0.2) is 5.16 Å². The standard InChI is InChI=1S/C22H22ClN5O2S/c1-27(13-19(29)24-18-10-6-5-9-17(18)23)20(30)14-31-22-26-25-21(15-11-12-15)28(22)16-7-3-2-4-8-16/h2-10,15H,11-14H2,1H3,(H,24,29). The summed E-state index contributed by atoms with van der Waals surface area (Å²) >= 11 is 7.39. The first-order valence-electron chi connectivity index (χ1n) is 9.95. The number of likely N-dealkylation sites (N-methyl/N-ethyl adjacent to an activating group) is 1. The highest BCUT2D eigenvalue weighted by Crippen LogP contribution is 2.41. The van der Waals surface area contributed by atoms with Gasteiger partial charge in [-0.3, -0.25) is 14.2 Å². The number of amides is 2. The van der Waals surface area contributed by atoms with Gasteiger partial charge >= 0.3 is 0 Å². The second-order valence-electron chi connectivity index (χ2n) is 7.35. The average Bonchev–Trinajstić information content (AvgIpc) is 3.53. The Morgan fingerprint density at radius 2 is 1.84 bits per heavy atom. The third-order valence-corrected chi connectivity index (χ3v) is 6.14. The molecule has 1 N–H and O–H groups in total. The van der Waals surface area contributed by atoms with Gasteiger partial charge in [0.1, 0.15) is 5.82 Å². The SMILES string of the molecule is CN(CC(=O)Nc1ccccc1Cl)C(=O)CSc1nnc(C2CC2)n1-c1ccccc1. The molecule has 31 heavy (non-hydrogen) atoms. The maximum Gasteiger partial charge on any atom is 0.244 e. The highest BCUT2D eigenvalue weighted by molar-refractivity contribution is 7.99. The molecule has 9 heteroatoms. The van der Waals surface area contributed by atoms with Gasteiger partial charge in [-0.15, -0.1) is 10.2 Å². The van der Waals surface area contributed by atoms with Crippen LogP contribution in [0.2, 0.25) is 5.02 Å². The van der Waals surface area contributed by atoms with E-state index in [1.807, 2.05) is 34.9 Å². The first kappa shape index (κ1) is 21.4. The van der Waals surface area contributed by atoms with Crippen molar-refractivity contribution >= 4 is 40.9 Å². The van der Waals surface area contributed by atoms with E-state index in [9.17, 15) is 9.59 Å². The molecule has 1 saturated carbocycles. The topological polar surface area (TPSA) is 80.1 Å². The van der Waals surface area contributed by atoms with Crippen molar-refractivity contribution in [2.45, 2.75) is 23.9 Å². The third kappa shape index (κ3) is 5.26. The fraction of sp³-hybridized carbons (Fsp3) is 0.273. The molecule has 7 nitrogen and oxygen atoms in total. The van der Waals surface area contributed by atoms with Crippen molar-refractivity contribution in [1.82, 2.24) is 19.7 Å². The van der Waals surface area contributed by atoms with Gasteiger partial charge in [0.2, 0.25) is 11.8 Å². The smallest absolute Gasteiger partial charge is 0.244 e. The number of nitrogens with zero attached hydrogens (tertiary/aromatic N) is 4. The molecule has 160 valence electrons. The van der Waals surface area contributed by atoms with Gasteiger partial charge in [-0.1, -0.05) is 53.7 Å². The number of benzene rings is 2. The van der Waals surface area contributed by atoms with Crippen LogP contribution in [0, 0.1) is 0 Å². The number of thioether (sulfide) groups is 1. The lowest BCUT2D eigenvalue weighted by atomic mass is 10.3. The van der Waals surface area contributed by atoms with E-state index in [4.69, 9.17) is 11.6 Å². The van der Waals surface area contributed by atoms with Gasteiger partial charge in [0.25, 0.3) is 0 Å². The Balaban J connectivity index is 1.37. The molecule has 0 aliphatic heterocycles. The van der Waals surface area contributed by atoms with E-state index in [0.717, 1.165) is 24.4 Å². The highest BCUT2D eigenvalue weighted by atomic mass is 35.5. The van der Waals surface area contributed by atoms with Gasteiger partial charge in [0, 0.05) is 18.7 Å². The van der Waals surface area contributed by atoms with E-state index in [-0.39, 0.29) is 24.1 Å². The molecule has 0 unspecified atom stereocenters. The van der Waals surface area contributed by atoms with Crippen LogP contribution in [-0.4, -0.2) is 50.8 Å². The molecule has 0 radical (unpaired) electrons. The Labute approximate surface area is 189 Å². The van der Waals surface area contributed by atoms with Crippen LogP contribution >= 0.6 is 23.4 Å². The second-order valence-corrected chi connectivity index (χ2v) is 8.70. The molecule has 0 bridgehead atoms. The molecule has 0 spiro atoms. The molecule has 1 aliphatic carbocycles. The molecule has 4 rings (SSSR count). The predicted octanol–water partition coefficient (Wildman–Crippen LogP) is 3.99. The normalized spacial score (nSPS) is 13.1. The Bertz CT molecular complexity index is 1080. The molecule has 1 fully saturated rings. The first-order chi connectivity index (χ1) is 15.0. The zero-order chi connectivity index (χ0) is 21.8. The van der Waals surface area contributed by atoms with E-state index in [1.54, 1.807) is 31.3 Å². The van der Waals surface area contributed by atoms with Crippen LogP contribution in [-0.2, 0) is 9.59 Å². The summed E-state index contributed by atoms with van der Waals surface area (Å²) in [6, 6.07) is 16.9. The quantitative estimate of drug-likeness (QED) is 0.519. The van der Waals surface area contributed by atoms with Gasteiger partial charge in [-0.2, -0.15) is 0 Å². The van der Waals surface area contributed by atoms with Gasteiger partial charge in [0.05, 0.1) is 23.0 Å². The van der Waals surface area contributed by atoms with Crippen molar-refractivity contribution in [3.05, 3.63) is 65.4 Å². The van der Waals surface area contributed by atoms with Crippen molar-refractivity contribution in [1.29, 1.82) is 0 Å². The van der Waals surface area contributed by atoms with Crippen molar-refractivity contribution in [3.8, 4) is 5.69 Å². The number of anilines is 1. The lowest BCUT2D eigenvalue weighted by Crippen LogP contribution is -2.36. The van der Waals surface area contributed by atoms with Crippen LogP contribution in [0.25, 0.3) is 5.69 Å². The maximum atomic E-state index is 12.6. The van der Waals surface area contributed by atoms with E-state index >= 15 is 0 Å². The van der Waals surface area contributed by atoms with Gasteiger partial charge in [-0.05, 0) is 37.1 Å². The molecular formula is C22H22ClN5O2S. The molecular weight excluding hydrogens is 434 g/mol. The zero-order valence-corrected chi connectivity index (χ0v) is 18.6. The molecule has 2 amide bonds. The van der Waals surface area contributed by atoms with Crippen molar-refractivity contribution in [2.75, 3.05) is 24.7 Å². The van der Waals surface area contributed by atoms with E-state index in [1.165, 1.54) is 16.7 Å². The summed E-state index contributed by atoms with van der Waals surface area (Å²) in [5, 5.41) is 12.5. The number of hydrogen-bond acceptors (Lipinski definition) is 5. The fourth-order valence-corrected chi connectivity index (χ4v) is 4.18. The monoisotopic (exact) mass is 455 g/mol. The minimum absolute atomic E-state index is 0.0662. The van der Waals surface area contributed by atoms with Crippen LogP contribution in [0.4, 0.5) is 5.69 Å². The number of aromatic nitrogens is 3. The zero-order valence-electron chi connectivity index (χ0n) is 17.0. The van der Waals surface area contributed by atoms with Crippen molar-refractivity contribution in [3.63, 3.8) is 0 Å². The predicted molar refractivity (Wildman–Crippen MR) is 122 cm³/mol. The number of carbonyl (C=O) groups excluding carboxylic acids is 2. The average molecular weight is 456 g/mol. The Morgan fingerprint density at radius 3 is 2.55 bits per heavy atom. The van der Waals surface area contributed by atoms with Crippen LogP contribution in [0.15, 0.2) is 59.8 Å². The minimum Gasteiger partial charge on any atom is -0.336 e. The van der Waals surface area contributed by atoms with Crippen LogP contribution < -0.4 is 5.32 Å². The fourth-order valence-electron chi connectivity index (χ4n) is 3.09. The van der Waals surface area contributed by atoms with E-state index in [2.05, 4.69) is 15.5 Å². The molecule has 0 atom stereocenters. The number of carbonyl (C=O) groups is 2. The van der Waals surface area contributed by atoms with E-state index < -0.39 is 0 Å². The summed E-state index contributed by atoms with van der Waals surface area (Å²) in [5.41, 5.74) is 1.50. The summed E-state index contributed by atoms with van der Waals surface area (Å²) in [5.74, 6) is 1.04. The Morgan fingerprint density at radius 1 is 1.13 bits per heavy atom. The first-order valence-corrected chi connectivity index (χ1v) is 11.3. The van der Waals surface area contributed by atoms with Crippen LogP contribution in [0.5, 0.6) is 0 Å². The lowest BCUT2D eigenvalue weighted by molar-refractivity contribution is -0.131. The number of hydrogen-bond donors (Lipinski definition) is 1. The van der Waals surface area contributed by atoms with E-state index in [0.29, 0.717) is 21.8 Å². The number of rotatable bonds is 8. The Hall–Kier alpha value is -2.84. The molecule has 1 aromatic heterocycles. The Kier molecular flexibility index (Phi) is 6.58. The molecule has 0 saturated heterocycles. The largest absolute Gasteiger partial charge is 0.336 e. The highest BCUT2D eigenvalue weighted by Gasteiger charge is 2.31. The van der Waals surface area contributed by atoms with Crippen molar-refractivity contribution in [2.24, 2.45) is 0 Å². The molecule has 1 heterocycles. The number of halogens is 1. The summed E-state index contributed by atoms with van der Waals surface area (Å²) in [7, 11) is 1.60. The van der Waals surface area contributed by atoms with Crippen molar-refractivity contribution < 1.29 is 9.59 Å². The second kappa shape index (κ2) is 9.53. The minimum atomic E-state index is -0.308. The summed E-state index contributed by atoms with van der Waals surface area (Å²) < 4.78 is 2.03. The van der Waals surface area contributed by atoms with Crippen LogP contribution in [0.3, 0.4) is 0 Å². The number of nitrogens with one attached hydrogen (secondary N) is 1. The van der Waals surface area contributed by atoms with Crippen LogP contribution in [0.1, 0.15) is 24.6 Å². The number of para-hydroxylation sites is 2. The molecule has 1 aliphatic rings.